The van der Waals surface area contributed by atoms with Crippen molar-refractivity contribution in [3.8, 4) is 0 Å². The summed E-state index contributed by atoms with van der Waals surface area (Å²) in [5.41, 5.74) is -1.32. The van der Waals surface area contributed by atoms with Gasteiger partial charge < -0.3 is 4.42 Å². The summed E-state index contributed by atoms with van der Waals surface area (Å²) >= 11 is 5.68. The van der Waals surface area contributed by atoms with E-state index in [2.05, 4.69) is 0 Å². The average molecular weight is 226 g/mol. The van der Waals surface area contributed by atoms with Gasteiger partial charge in [0, 0.05) is 22.5 Å². The highest BCUT2D eigenvalue weighted by molar-refractivity contribution is 6.31. The molecule has 6 heteroatoms. The molecule has 5 nitrogen and oxygen atoms in total. The van der Waals surface area contributed by atoms with E-state index in [1.807, 2.05) is 0 Å². The van der Waals surface area contributed by atoms with Crippen LogP contribution in [0.25, 0.3) is 11.0 Å². The first-order valence-electron chi connectivity index (χ1n) is 3.96. The molecule has 1 aromatic heterocycles. The highest BCUT2D eigenvalue weighted by Crippen LogP contribution is 2.20. The van der Waals surface area contributed by atoms with E-state index in [1.54, 1.807) is 12.1 Å². The van der Waals surface area contributed by atoms with Crippen molar-refractivity contribution in [2.75, 3.05) is 0 Å². The quantitative estimate of drug-likeness (QED) is 0.424. The molecule has 15 heavy (non-hydrogen) atoms. The van der Waals surface area contributed by atoms with Gasteiger partial charge in [0.1, 0.15) is 5.58 Å². The number of rotatable bonds is 1. The third kappa shape index (κ3) is 1.69. The molecule has 0 spiro atoms. The Morgan fingerprint density at radius 1 is 1.33 bits per heavy atom. The van der Waals surface area contributed by atoms with Crippen LogP contribution in [0.3, 0.4) is 0 Å². The van der Waals surface area contributed by atoms with Gasteiger partial charge in [-0.2, -0.15) is 0 Å². The van der Waals surface area contributed by atoms with Gasteiger partial charge in [-0.05, 0) is 12.1 Å². The molecule has 0 aliphatic carbocycles. The summed E-state index contributed by atoms with van der Waals surface area (Å²) in [6.07, 6.45) is 0. The lowest BCUT2D eigenvalue weighted by Crippen LogP contribution is -2.05. The van der Waals surface area contributed by atoms with E-state index in [0.29, 0.717) is 10.4 Å². The molecule has 0 saturated carbocycles. The predicted molar refractivity (Wildman–Crippen MR) is 54.1 cm³/mol. The second kappa shape index (κ2) is 3.36. The average Bonchev–Trinajstić information content (AvgIpc) is 2.15. The Bertz CT molecular complexity index is 605. The van der Waals surface area contributed by atoms with Gasteiger partial charge in [0.2, 0.25) is 0 Å². The third-order valence-electron chi connectivity index (χ3n) is 1.88. The summed E-state index contributed by atoms with van der Waals surface area (Å²) in [4.78, 5) is 20.8. The Balaban J connectivity index is 2.82. The van der Waals surface area contributed by atoms with Crippen LogP contribution in [-0.2, 0) is 0 Å². The van der Waals surface area contributed by atoms with Gasteiger partial charge in [-0.3, -0.25) is 10.1 Å². The van der Waals surface area contributed by atoms with Crippen LogP contribution < -0.4 is 5.63 Å². The van der Waals surface area contributed by atoms with Gasteiger partial charge in [0.25, 0.3) is 0 Å². The van der Waals surface area contributed by atoms with Crippen LogP contribution in [0.5, 0.6) is 0 Å². The topological polar surface area (TPSA) is 73.3 Å². The van der Waals surface area contributed by atoms with Crippen molar-refractivity contribution in [3.05, 3.63) is 49.8 Å². The normalized spacial score (nSPS) is 10.5. The Kier molecular flexibility index (Phi) is 2.17. The lowest BCUT2D eigenvalue weighted by atomic mass is 10.2. The molecule has 2 rings (SSSR count). The van der Waals surface area contributed by atoms with E-state index in [4.69, 9.17) is 16.0 Å². The molecule has 0 bridgehead atoms. The van der Waals surface area contributed by atoms with Gasteiger partial charge in [0.15, 0.2) is 0 Å². The molecule has 0 aliphatic heterocycles. The highest BCUT2D eigenvalue weighted by Gasteiger charge is 2.15. The van der Waals surface area contributed by atoms with Crippen LogP contribution in [0, 0.1) is 10.1 Å². The predicted octanol–water partition coefficient (Wildman–Crippen LogP) is 2.35. The van der Waals surface area contributed by atoms with Crippen molar-refractivity contribution in [3.63, 3.8) is 0 Å². The van der Waals surface area contributed by atoms with Crippen LogP contribution in [0.2, 0.25) is 5.02 Å². The lowest BCUT2D eigenvalue weighted by molar-refractivity contribution is -0.387. The third-order valence-corrected chi connectivity index (χ3v) is 2.11. The van der Waals surface area contributed by atoms with Gasteiger partial charge in [0.05, 0.1) is 4.92 Å². The minimum atomic E-state index is -0.977. The smallest absolute Gasteiger partial charge is 0.415 e. The molecule has 1 heterocycles. The van der Waals surface area contributed by atoms with Gasteiger partial charge in [-0.25, -0.2) is 4.79 Å². The van der Waals surface area contributed by atoms with Crippen molar-refractivity contribution in [2.45, 2.75) is 0 Å². The molecular weight excluding hydrogens is 222 g/mol. The fourth-order valence-corrected chi connectivity index (χ4v) is 1.36. The van der Waals surface area contributed by atoms with Crippen molar-refractivity contribution in [1.82, 2.24) is 0 Å². The zero-order valence-corrected chi connectivity index (χ0v) is 8.02. The standard InChI is InChI=1S/C9H4ClNO4/c10-6-2-1-5-3-7(11(13)14)9(12)15-8(5)4-6/h1-4H. The van der Waals surface area contributed by atoms with Crippen LogP contribution >= 0.6 is 11.6 Å². The zero-order valence-electron chi connectivity index (χ0n) is 7.27. The Labute approximate surface area is 88.0 Å². The molecule has 0 saturated heterocycles. The summed E-state index contributed by atoms with van der Waals surface area (Å²) in [5.74, 6) is 0. The van der Waals surface area contributed by atoms with E-state index < -0.39 is 16.2 Å². The Morgan fingerprint density at radius 2 is 2.07 bits per heavy atom. The molecule has 76 valence electrons. The molecule has 1 aromatic carbocycles. The number of hydrogen-bond acceptors (Lipinski definition) is 4. The monoisotopic (exact) mass is 225 g/mol. The molecule has 0 fully saturated rings. The Morgan fingerprint density at radius 3 is 2.73 bits per heavy atom. The summed E-state index contributed by atoms with van der Waals surface area (Å²) in [7, 11) is 0. The van der Waals surface area contributed by atoms with Crippen LogP contribution in [0.15, 0.2) is 33.5 Å². The molecule has 0 amide bonds. The van der Waals surface area contributed by atoms with Crippen molar-refractivity contribution < 1.29 is 9.34 Å². The molecule has 0 N–H and O–H groups in total. The fraction of sp³-hybridized carbons (Fsp3) is 0. The van der Waals surface area contributed by atoms with E-state index in [0.717, 1.165) is 6.07 Å². The van der Waals surface area contributed by atoms with Crippen LogP contribution in [0.4, 0.5) is 5.69 Å². The first-order valence-corrected chi connectivity index (χ1v) is 4.33. The summed E-state index contributed by atoms with van der Waals surface area (Å²) in [5, 5.41) is 11.3. The second-order valence-electron chi connectivity index (χ2n) is 2.86. The highest BCUT2D eigenvalue weighted by atomic mass is 35.5. The summed E-state index contributed by atoms with van der Waals surface area (Å²) in [6, 6.07) is 5.71. The van der Waals surface area contributed by atoms with Crippen LogP contribution in [0.1, 0.15) is 0 Å². The number of fused-ring (bicyclic) bond motifs is 1. The number of nitrogens with zero attached hydrogens (tertiary/aromatic N) is 1. The maximum absolute atomic E-state index is 11.1. The zero-order chi connectivity index (χ0) is 11.0. The minimum Gasteiger partial charge on any atom is -0.418 e. The molecule has 0 atom stereocenters. The second-order valence-corrected chi connectivity index (χ2v) is 3.29. The number of halogens is 1. The van der Waals surface area contributed by atoms with E-state index in [1.165, 1.54) is 6.07 Å². The fourth-order valence-electron chi connectivity index (χ4n) is 1.20. The number of nitro groups is 1. The molecule has 0 unspecified atom stereocenters. The van der Waals surface area contributed by atoms with E-state index in [9.17, 15) is 14.9 Å². The van der Waals surface area contributed by atoms with Gasteiger partial charge in [-0.15, -0.1) is 0 Å². The van der Waals surface area contributed by atoms with Gasteiger partial charge >= 0.3 is 11.3 Å². The lowest BCUT2D eigenvalue weighted by Gasteiger charge is -1.96. The van der Waals surface area contributed by atoms with E-state index in [-0.39, 0.29) is 5.58 Å². The largest absolute Gasteiger partial charge is 0.418 e. The number of benzene rings is 1. The molecular formula is C9H4ClNO4. The summed E-state index contributed by atoms with van der Waals surface area (Å²) in [6.45, 7) is 0. The molecule has 0 aliphatic rings. The van der Waals surface area contributed by atoms with Crippen molar-refractivity contribution in [1.29, 1.82) is 0 Å². The van der Waals surface area contributed by atoms with E-state index >= 15 is 0 Å². The molecule has 0 radical (unpaired) electrons. The minimum absolute atomic E-state index is 0.234. The van der Waals surface area contributed by atoms with Crippen LogP contribution in [-0.4, -0.2) is 4.92 Å². The first kappa shape index (κ1) is 9.67. The van der Waals surface area contributed by atoms with Crippen molar-refractivity contribution in [2.24, 2.45) is 0 Å². The maximum atomic E-state index is 11.1. The molecule has 2 aromatic rings. The number of hydrogen-bond donors (Lipinski definition) is 0. The summed E-state index contributed by atoms with van der Waals surface area (Å²) < 4.78 is 4.75. The SMILES string of the molecule is O=c1oc2cc(Cl)ccc2cc1[N+](=O)[O-]. The van der Waals surface area contributed by atoms with Gasteiger partial charge in [-0.1, -0.05) is 11.6 Å². The maximum Gasteiger partial charge on any atom is 0.415 e. The van der Waals surface area contributed by atoms with Crippen molar-refractivity contribution >= 4 is 28.3 Å². The Hall–Kier alpha value is -1.88. The first-order chi connectivity index (χ1) is 7.08.